The molecule has 112 valence electrons. The van der Waals surface area contributed by atoms with Gasteiger partial charge in [0.15, 0.2) is 5.78 Å². The van der Waals surface area contributed by atoms with Crippen molar-refractivity contribution in [3.05, 3.63) is 50.4 Å². The summed E-state index contributed by atoms with van der Waals surface area (Å²) in [5.74, 6) is 0.142. The number of hydrogen-bond donors (Lipinski definition) is 1. The average Bonchev–Trinajstić information content (AvgIpc) is 2.87. The van der Waals surface area contributed by atoms with E-state index in [0.29, 0.717) is 20.8 Å². The summed E-state index contributed by atoms with van der Waals surface area (Å²) in [6.45, 7) is 0. The molecule has 2 heterocycles. The van der Waals surface area contributed by atoms with E-state index in [4.69, 9.17) is 23.2 Å². The maximum Gasteiger partial charge on any atom is 0.271 e. The SMILES string of the molecule is O=C(CSc1nnc2[nH]c(=O)cnn12)c1ccc(Cl)cc1Cl. The van der Waals surface area contributed by atoms with Gasteiger partial charge in [0, 0.05) is 10.6 Å². The number of rotatable bonds is 4. The number of fused-ring (bicyclic) bond motifs is 1. The molecular weight excluding hydrogens is 349 g/mol. The molecule has 10 heteroatoms. The lowest BCUT2D eigenvalue weighted by Crippen LogP contribution is -2.10. The summed E-state index contributed by atoms with van der Waals surface area (Å²) in [5.41, 5.74) is 0.00854. The van der Waals surface area contributed by atoms with Crippen LogP contribution < -0.4 is 5.56 Å². The molecule has 3 rings (SSSR count). The normalized spacial score (nSPS) is 11.0. The fraction of sp³-hybridized carbons (Fsp3) is 0.0833. The van der Waals surface area contributed by atoms with Crippen molar-refractivity contribution in [1.29, 1.82) is 0 Å². The standard InChI is InChI=1S/C12H7Cl2N5O2S/c13-6-1-2-7(8(14)3-6)9(20)5-22-12-18-17-11-16-10(21)4-15-19(11)12/h1-4H,5H2,(H,16,17,21). The number of halogens is 2. The van der Waals surface area contributed by atoms with E-state index in [-0.39, 0.29) is 22.9 Å². The summed E-state index contributed by atoms with van der Waals surface area (Å²) >= 11 is 12.9. The lowest BCUT2D eigenvalue weighted by atomic mass is 10.1. The van der Waals surface area contributed by atoms with Crippen LogP contribution in [0.1, 0.15) is 10.4 Å². The summed E-state index contributed by atoms with van der Waals surface area (Å²) in [7, 11) is 0. The van der Waals surface area contributed by atoms with E-state index < -0.39 is 0 Å². The molecule has 7 nitrogen and oxygen atoms in total. The predicted octanol–water partition coefficient (Wildman–Crippen LogP) is 2.09. The van der Waals surface area contributed by atoms with E-state index in [2.05, 4.69) is 20.3 Å². The minimum Gasteiger partial charge on any atom is -0.293 e. The number of H-pyrrole nitrogens is 1. The van der Waals surface area contributed by atoms with Crippen molar-refractivity contribution in [2.24, 2.45) is 0 Å². The summed E-state index contributed by atoms with van der Waals surface area (Å²) in [6.07, 6.45) is 1.11. The Hall–Kier alpha value is -1.90. The van der Waals surface area contributed by atoms with Gasteiger partial charge >= 0.3 is 0 Å². The van der Waals surface area contributed by atoms with Crippen molar-refractivity contribution >= 4 is 46.5 Å². The maximum absolute atomic E-state index is 12.2. The number of Topliss-reactive ketones (excluding diaryl/α,β-unsaturated/α-hetero) is 1. The Morgan fingerprint density at radius 1 is 1.32 bits per heavy atom. The Labute approximate surface area is 137 Å². The van der Waals surface area contributed by atoms with Gasteiger partial charge in [-0.25, -0.2) is 0 Å². The van der Waals surface area contributed by atoms with Crippen LogP contribution in [-0.4, -0.2) is 36.3 Å². The molecule has 0 aliphatic heterocycles. The highest BCUT2D eigenvalue weighted by molar-refractivity contribution is 7.99. The maximum atomic E-state index is 12.2. The fourth-order valence-corrected chi connectivity index (χ4v) is 3.00. The van der Waals surface area contributed by atoms with Crippen LogP contribution in [0.2, 0.25) is 10.0 Å². The van der Waals surface area contributed by atoms with Gasteiger partial charge in [-0.1, -0.05) is 35.0 Å². The number of nitrogens with zero attached hydrogens (tertiary/aromatic N) is 4. The van der Waals surface area contributed by atoms with Crippen molar-refractivity contribution in [3.63, 3.8) is 0 Å². The molecule has 22 heavy (non-hydrogen) atoms. The smallest absolute Gasteiger partial charge is 0.271 e. The number of carbonyl (C=O) groups excluding carboxylic acids is 1. The highest BCUT2D eigenvalue weighted by Crippen LogP contribution is 2.23. The van der Waals surface area contributed by atoms with Crippen LogP contribution in [0, 0.1) is 0 Å². The largest absolute Gasteiger partial charge is 0.293 e. The predicted molar refractivity (Wildman–Crippen MR) is 82.9 cm³/mol. The highest BCUT2D eigenvalue weighted by Gasteiger charge is 2.14. The van der Waals surface area contributed by atoms with Crippen molar-refractivity contribution in [2.75, 3.05) is 5.75 Å². The molecule has 0 saturated heterocycles. The average molecular weight is 356 g/mol. The summed E-state index contributed by atoms with van der Waals surface area (Å²) < 4.78 is 1.35. The van der Waals surface area contributed by atoms with Crippen molar-refractivity contribution in [3.8, 4) is 0 Å². The van der Waals surface area contributed by atoms with Gasteiger partial charge in [0.05, 0.1) is 10.8 Å². The van der Waals surface area contributed by atoms with Crippen LogP contribution in [0.4, 0.5) is 0 Å². The first kappa shape index (κ1) is 15.0. The van der Waals surface area contributed by atoms with Crippen LogP contribution in [0.3, 0.4) is 0 Å². The lowest BCUT2D eigenvalue weighted by Gasteiger charge is -2.03. The van der Waals surface area contributed by atoms with Gasteiger partial charge < -0.3 is 0 Å². The molecule has 0 amide bonds. The Kier molecular flexibility index (Phi) is 4.14. The van der Waals surface area contributed by atoms with Crippen LogP contribution in [-0.2, 0) is 0 Å². The van der Waals surface area contributed by atoms with Crippen LogP contribution in [0.5, 0.6) is 0 Å². The number of ketones is 1. The third-order valence-corrected chi connectivity index (χ3v) is 4.17. The molecule has 0 aliphatic rings. The molecule has 0 fully saturated rings. The number of aromatic nitrogens is 5. The Balaban J connectivity index is 1.79. The number of thioether (sulfide) groups is 1. The third kappa shape index (κ3) is 2.99. The molecule has 2 aromatic heterocycles. The van der Waals surface area contributed by atoms with Gasteiger partial charge in [0.2, 0.25) is 5.16 Å². The molecule has 0 saturated carbocycles. The van der Waals surface area contributed by atoms with Crippen molar-refractivity contribution in [1.82, 2.24) is 24.8 Å². The van der Waals surface area contributed by atoms with Crippen molar-refractivity contribution < 1.29 is 4.79 Å². The van der Waals surface area contributed by atoms with E-state index in [1.165, 1.54) is 10.6 Å². The van der Waals surface area contributed by atoms with E-state index in [9.17, 15) is 9.59 Å². The molecular formula is C12H7Cl2N5O2S. The number of nitrogens with one attached hydrogen (secondary N) is 1. The zero-order valence-electron chi connectivity index (χ0n) is 10.8. The minimum atomic E-state index is -0.375. The van der Waals surface area contributed by atoms with Gasteiger partial charge in [0.25, 0.3) is 11.3 Å². The summed E-state index contributed by atoms with van der Waals surface area (Å²) in [5, 5.41) is 12.7. The van der Waals surface area contributed by atoms with E-state index in [1.54, 1.807) is 12.1 Å². The zero-order chi connectivity index (χ0) is 15.7. The molecule has 0 radical (unpaired) electrons. The van der Waals surface area contributed by atoms with Crippen molar-refractivity contribution in [2.45, 2.75) is 5.16 Å². The van der Waals surface area contributed by atoms with Gasteiger partial charge in [0.1, 0.15) is 6.20 Å². The summed E-state index contributed by atoms with van der Waals surface area (Å²) in [6, 6.07) is 4.69. The molecule has 0 unspecified atom stereocenters. The molecule has 3 aromatic rings. The highest BCUT2D eigenvalue weighted by atomic mass is 35.5. The third-order valence-electron chi connectivity index (χ3n) is 2.70. The fourth-order valence-electron chi connectivity index (χ4n) is 1.71. The van der Waals surface area contributed by atoms with E-state index in [0.717, 1.165) is 18.0 Å². The molecule has 1 aromatic carbocycles. The molecule has 0 spiro atoms. The zero-order valence-corrected chi connectivity index (χ0v) is 13.1. The van der Waals surface area contributed by atoms with Crippen LogP contribution in [0.15, 0.2) is 34.3 Å². The Bertz CT molecular complexity index is 923. The van der Waals surface area contributed by atoms with Crippen LogP contribution >= 0.6 is 35.0 Å². The van der Waals surface area contributed by atoms with E-state index >= 15 is 0 Å². The lowest BCUT2D eigenvalue weighted by molar-refractivity contribution is 0.102. The number of hydrogen-bond acceptors (Lipinski definition) is 6. The van der Waals surface area contributed by atoms with E-state index in [1.807, 2.05) is 0 Å². The van der Waals surface area contributed by atoms with Crippen LogP contribution in [0.25, 0.3) is 5.78 Å². The first-order valence-electron chi connectivity index (χ1n) is 5.96. The van der Waals surface area contributed by atoms with Gasteiger partial charge in [-0.3, -0.25) is 14.6 Å². The van der Waals surface area contributed by atoms with Gasteiger partial charge in [-0.2, -0.15) is 9.61 Å². The van der Waals surface area contributed by atoms with Gasteiger partial charge in [-0.05, 0) is 18.2 Å². The number of benzene rings is 1. The monoisotopic (exact) mass is 355 g/mol. The quantitative estimate of drug-likeness (QED) is 0.568. The second-order valence-electron chi connectivity index (χ2n) is 4.19. The molecule has 0 atom stereocenters. The minimum absolute atomic E-state index is 0.100. The number of carbonyl (C=O) groups is 1. The second kappa shape index (κ2) is 6.07. The molecule has 1 N–H and O–H groups in total. The summed E-state index contributed by atoms with van der Waals surface area (Å²) in [4.78, 5) is 25.8. The van der Waals surface area contributed by atoms with Gasteiger partial charge in [-0.15, -0.1) is 10.2 Å². The Morgan fingerprint density at radius 3 is 2.91 bits per heavy atom. The topological polar surface area (TPSA) is 93.0 Å². The number of aromatic amines is 1. The second-order valence-corrected chi connectivity index (χ2v) is 5.97. The first-order chi connectivity index (χ1) is 10.5. The first-order valence-corrected chi connectivity index (χ1v) is 7.70. The molecule has 0 aliphatic carbocycles. The Morgan fingerprint density at radius 2 is 2.14 bits per heavy atom. The molecule has 0 bridgehead atoms.